The van der Waals surface area contributed by atoms with Crippen LogP contribution >= 0.6 is 0 Å². The normalized spacial score (nSPS) is 12.1. The second kappa shape index (κ2) is 4.77. The van der Waals surface area contributed by atoms with Crippen LogP contribution in [0.1, 0.15) is 26.3 Å². The van der Waals surface area contributed by atoms with Crippen molar-refractivity contribution < 1.29 is 4.43 Å². The summed E-state index contributed by atoms with van der Waals surface area (Å²) in [4.78, 5) is 0. The molecule has 0 saturated heterocycles. The summed E-state index contributed by atoms with van der Waals surface area (Å²) in [7, 11) is -1.11. The Bertz CT molecular complexity index is 547. The van der Waals surface area contributed by atoms with Crippen molar-refractivity contribution >= 4 is 19.8 Å². The molecule has 0 amide bonds. The first-order valence-corrected chi connectivity index (χ1v) is 9.28. The minimum Gasteiger partial charge on any atom is -0.546 e. The molecule has 0 N–H and O–H groups in total. The van der Waals surface area contributed by atoms with Gasteiger partial charge in [0.25, 0.3) is 0 Å². The summed E-state index contributed by atoms with van der Waals surface area (Å²) in [6.07, 6.45) is 0. The molecule has 18 heavy (non-hydrogen) atoms. The van der Waals surface area contributed by atoms with E-state index < -0.39 is 9.04 Å². The number of fused-ring (bicyclic) bond motifs is 1. The maximum absolute atomic E-state index is 6.05. The maximum Gasteiger partial charge on any atom is 0.229 e. The SMILES string of the molecule is C[SiH](C)Oc1[c]ccc2cccc(C(C)(C)C)c12. The molecule has 2 aromatic rings. The molecule has 2 aromatic carbocycles. The van der Waals surface area contributed by atoms with Gasteiger partial charge in [-0.25, -0.2) is 0 Å². The molecule has 2 heteroatoms. The van der Waals surface area contributed by atoms with Crippen molar-refractivity contribution in [1.82, 2.24) is 0 Å². The third-order valence-electron chi connectivity index (χ3n) is 2.96. The van der Waals surface area contributed by atoms with E-state index in [1.165, 1.54) is 16.3 Å². The molecule has 95 valence electrons. The Kier molecular flexibility index (Phi) is 3.49. The lowest BCUT2D eigenvalue weighted by Crippen LogP contribution is -2.15. The molecule has 0 bridgehead atoms. The minimum absolute atomic E-state index is 0.116. The molecule has 0 fully saturated rings. The van der Waals surface area contributed by atoms with Crippen LogP contribution in [-0.2, 0) is 5.41 Å². The molecule has 0 aliphatic heterocycles. The molecule has 0 atom stereocenters. The topological polar surface area (TPSA) is 9.23 Å². The third-order valence-corrected chi connectivity index (χ3v) is 3.67. The minimum atomic E-state index is -1.11. The number of hydrogen-bond acceptors (Lipinski definition) is 1. The fourth-order valence-electron chi connectivity index (χ4n) is 2.20. The van der Waals surface area contributed by atoms with E-state index in [4.69, 9.17) is 4.43 Å². The van der Waals surface area contributed by atoms with E-state index in [9.17, 15) is 0 Å². The lowest BCUT2D eigenvalue weighted by molar-refractivity contribution is 0.573. The van der Waals surface area contributed by atoms with Crippen LogP contribution in [0.25, 0.3) is 10.8 Å². The van der Waals surface area contributed by atoms with Crippen molar-refractivity contribution in [3.8, 4) is 5.75 Å². The Morgan fingerprint density at radius 1 is 1.11 bits per heavy atom. The molecule has 0 unspecified atom stereocenters. The van der Waals surface area contributed by atoms with Crippen LogP contribution in [0.2, 0.25) is 13.1 Å². The highest BCUT2D eigenvalue weighted by molar-refractivity contribution is 6.49. The van der Waals surface area contributed by atoms with Gasteiger partial charge in [-0.15, -0.1) is 0 Å². The zero-order valence-corrected chi connectivity index (χ0v) is 13.0. The average molecular weight is 257 g/mol. The summed E-state index contributed by atoms with van der Waals surface area (Å²) in [5.74, 6) is 0.930. The second-order valence-corrected chi connectivity index (χ2v) is 8.33. The van der Waals surface area contributed by atoms with Crippen LogP contribution in [0, 0.1) is 6.07 Å². The molecule has 0 aliphatic carbocycles. The molecule has 1 radical (unpaired) electrons. The quantitative estimate of drug-likeness (QED) is 0.729. The summed E-state index contributed by atoms with van der Waals surface area (Å²) in [6.45, 7) is 11.1. The molecule has 0 aromatic heterocycles. The van der Waals surface area contributed by atoms with Gasteiger partial charge in [0.1, 0.15) is 5.75 Å². The Labute approximate surface area is 112 Å². The van der Waals surface area contributed by atoms with Gasteiger partial charge in [-0.1, -0.05) is 45.0 Å². The molecule has 1 nitrogen and oxygen atoms in total. The third kappa shape index (κ3) is 2.59. The fraction of sp³-hybridized carbons (Fsp3) is 0.375. The predicted octanol–water partition coefficient (Wildman–Crippen LogP) is 4.30. The molecule has 0 saturated carbocycles. The van der Waals surface area contributed by atoms with Crippen LogP contribution in [0.3, 0.4) is 0 Å². The molecule has 2 rings (SSSR count). The lowest BCUT2D eigenvalue weighted by atomic mass is 9.83. The van der Waals surface area contributed by atoms with Gasteiger partial charge in [0.05, 0.1) is 0 Å². The summed E-state index contributed by atoms with van der Waals surface area (Å²) < 4.78 is 6.05. The van der Waals surface area contributed by atoms with Crippen LogP contribution in [0.15, 0.2) is 30.3 Å². The zero-order valence-electron chi connectivity index (χ0n) is 11.9. The van der Waals surface area contributed by atoms with Gasteiger partial charge in [-0.2, -0.15) is 0 Å². The molecular formula is C16H21OSi. The second-order valence-electron chi connectivity index (χ2n) is 5.99. The monoisotopic (exact) mass is 257 g/mol. The lowest BCUT2D eigenvalue weighted by Gasteiger charge is -2.23. The summed E-state index contributed by atoms with van der Waals surface area (Å²) >= 11 is 0. The van der Waals surface area contributed by atoms with Crippen molar-refractivity contribution in [2.45, 2.75) is 39.3 Å². The van der Waals surface area contributed by atoms with E-state index in [0.717, 1.165) is 5.75 Å². The first-order valence-electron chi connectivity index (χ1n) is 6.50. The number of benzene rings is 2. The molecule has 0 aliphatic rings. The fourth-order valence-corrected chi connectivity index (χ4v) is 2.85. The largest absolute Gasteiger partial charge is 0.546 e. The Morgan fingerprint density at radius 2 is 1.83 bits per heavy atom. The summed E-state index contributed by atoms with van der Waals surface area (Å²) in [5, 5.41) is 2.47. The van der Waals surface area contributed by atoms with Crippen molar-refractivity contribution in [3.05, 3.63) is 42.0 Å². The Balaban J connectivity index is 2.72. The van der Waals surface area contributed by atoms with Gasteiger partial charge in [-0.3, -0.25) is 0 Å². The van der Waals surface area contributed by atoms with Crippen molar-refractivity contribution in [2.75, 3.05) is 0 Å². The van der Waals surface area contributed by atoms with Gasteiger partial charge in [0.2, 0.25) is 9.04 Å². The van der Waals surface area contributed by atoms with Crippen molar-refractivity contribution in [1.29, 1.82) is 0 Å². The van der Waals surface area contributed by atoms with E-state index in [1.54, 1.807) is 0 Å². The van der Waals surface area contributed by atoms with Gasteiger partial charge < -0.3 is 4.43 Å². The van der Waals surface area contributed by atoms with Crippen LogP contribution < -0.4 is 4.43 Å². The van der Waals surface area contributed by atoms with Crippen LogP contribution in [0.5, 0.6) is 5.75 Å². The first kappa shape index (κ1) is 13.2. The van der Waals surface area contributed by atoms with Gasteiger partial charge in [0.15, 0.2) is 0 Å². The van der Waals surface area contributed by atoms with Gasteiger partial charge >= 0.3 is 0 Å². The standard InChI is InChI=1S/C16H21OSi/c1-16(2,3)13-10-6-8-12-9-7-11-14(15(12)13)17-18(4)5/h6-10,18H,1-5H3. The van der Waals surface area contributed by atoms with Crippen LogP contribution in [-0.4, -0.2) is 9.04 Å². The first-order chi connectivity index (χ1) is 8.39. The van der Waals surface area contributed by atoms with E-state index in [0.29, 0.717) is 0 Å². The highest BCUT2D eigenvalue weighted by atomic mass is 28.3. The van der Waals surface area contributed by atoms with Crippen LogP contribution in [0.4, 0.5) is 0 Å². The average Bonchev–Trinajstić information content (AvgIpc) is 2.26. The Morgan fingerprint density at radius 3 is 2.44 bits per heavy atom. The van der Waals surface area contributed by atoms with Gasteiger partial charge in [0, 0.05) is 11.5 Å². The summed E-state index contributed by atoms with van der Waals surface area (Å²) in [6, 6.07) is 13.8. The van der Waals surface area contributed by atoms with E-state index in [-0.39, 0.29) is 5.41 Å². The van der Waals surface area contributed by atoms with E-state index >= 15 is 0 Å². The van der Waals surface area contributed by atoms with Crippen molar-refractivity contribution in [3.63, 3.8) is 0 Å². The van der Waals surface area contributed by atoms with E-state index in [2.05, 4.69) is 64.2 Å². The molecule has 0 heterocycles. The number of hydrogen-bond donors (Lipinski definition) is 0. The predicted molar refractivity (Wildman–Crippen MR) is 81.0 cm³/mol. The smallest absolute Gasteiger partial charge is 0.229 e. The zero-order chi connectivity index (χ0) is 13.3. The summed E-state index contributed by atoms with van der Waals surface area (Å²) in [5.41, 5.74) is 1.45. The molecule has 0 spiro atoms. The number of rotatable bonds is 2. The molecular weight excluding hydrogens is 236 g/mol. The highest BCUT2D eigenvalue weighted by Gasteiger charge is 2.19. The van der Waals surface area contributed by atoms with E-state index in [1.807, 2.05) is 6.07 Å². The maximum atomic E-state index is 6.05. The van der Waals surface area contributed by atoms with Gasteiger partial charge in [-0.05, 0) is 35.5 Å². The Hall–Kier alpha value is -1.28. The highest BCUT2D eigenvalue weighted by Crippen LogP contribution is 2.35. The van der Waals surface area contributed by atoms with Crippen molar-refractivity contribution in [2.24, 2.45) is 0 Å².